The van der Waals surface area contributed by atoms with Crippen molar-refractivity contribution in [2.24, 2.45) is 11.3 Å². The Morgan fingerprint density at radius 2 is 1.77 bits per heavy atom. The molecule has 12 nitrogen and oxygen atoms in total. The van der Waals surface area contributed by atoms with Crippen molar-refractivity contribution in [3.63, 3.8) is 0 Å². The third-order valence-electron chi connectivity index (χ3n) is 5.01. The van der Waals surface area contributed by atoms with E-state index in [0.29, 0.717) is 6.42 Å². The molecule has 1 fully saturated rings. The number of hydrogen-bond acceptors (Lipinski definition) is 8. The standard InChI is InChI=1S/C15H26NO11P3/c1-10-6-7-16(11(2)8-10)14-15(4,5)12(3)13(25-14)9-24-29(20,21)27-30(22,23)26-28(17,18)19/h6-7,12-14H,1-2,8-9H2,3-5H3,(H,20,21)(H,22,23)(H2,17,18,19). The number of ether oxygens (including phenoxy) is 1. The van der Waals surface area contributed by atoms with Gasteiger partial charge in [0.1, 0.15) is 6.23 Å². The van der Waals surface area contributed by atoms with E-state index in [2.05, 4.69) is 21.8 Å². The van der Waals surface area contributed by atoms with E-state index in [0.717, 1.165) is 11.3 Å². The summed E-state index contributed by atoms with van der Waals surface area (Å²) in [5.41, 5.74) is 1.21. The molecule has 0 saturated carbocycles. The Balaban J connectivity index is 2.07. The maximum absolute atomic E-state index is 12.0. The zero-order chi connectivity index (χ0) is 23.1. The highest BCUT2D eigenvalue weighted by Crippen LogP contribution is 2.66. The summed E-state index contributed by atoms with van der Waals surface area (Å²) >= 11 is 0. The van der Waals surface area contributed by atoms with Crippen molar-refractivity contribution in [3.05, 3.63) is 36.7 Å². The molecular formula is C15H26NO11P3. The molecule has 2 heterocycles. The fraction of sp³-hybridized carbons (Fsp3) is 0.600. The second-order valence-electron chi connectivity index (χ2n) is 7.65. The molecule has 5 unspecified atom stereocenters. The molecule has 172 valence electrons. The average Bonchev–Trinajstić information content (AvgIpc) is 2.73. The summed E-state index contributed by atoms with van der Waals surface area (Å²) in [5.74, 6) is -0.193. The van der Waals surface area contributed by atoms with Crippen LogP contribution >= 0.6 is 23.5 Å². The van der Waals surface area contributed by atoms with Gasteiger partial charge in [-0.1, -0.05) is 33.9 Å². The van der Waals surface area contributed by atoms with Gasteiger partial charge in [-0.05, 0) is 17.6 Å². The van der Waals surface area contributed by atoms with Crippen molar-refractivity contribution >= 4 is 23.5 Å². The van der Waals surface area contributed by atoms with Gasteiger partial charge < -0.3 is 29.2 Å². The molecule has 0 radical (unpaired) electrons. The minimum Gasteiger partial charge on any atom is -0.352 e. The molecule has 30 heavy (non-hydrogen) atoms. The van der Waals surface area contributed by atoms with Crippen LogP contribution in [-0.4, -0.2) is 43.4 Å². The molecule has 0 aliphatic carbocycles. The zero-order valence-corrected chi connectivity index (χ0v) is 19.3. The summed E-state index contributed by atoms with van der Waals surface area (Å²) in [6.45, 7) is 13.1. The van der Waals surface area contributed by atoms with Gasteiger partial charge in [-0.25, -0.2) is 13.7 Å². The largest absolute Gasteiger partial charge is 0.490 e. The molecular weight excluding hydrogens is 463 g/mol. The van der Waals surface area contributed by atoms with E-state index in [9.17, 15) is 23.5 Å². The maximum Gasteiger partial charge on any atom is 0.490 e. The van der Waals surface area contributed by atoms with E-state index in [-0.39, 0.29) is 5.92 Å². The van der Waals surface area contributed by atoms with Crippen LogP contribution in [-0.2, 0) is 31.6 Å². The Morgan fingerprint density at radius 3 is 2.30 bits per heavy atom. The predicted octanol–water partition coefficient (Wildman–Crippen LogP) is 3.01. The Labute approximate surface area is 174 Å². The Bertz CT molecular complexity index is 879. The highest BCUT2D eigenvalue weighted by Gasteiger charge is 2.51. The van der Waals surface area contributed by atoms with Crippen LogP contribution in [0.25, 0.3) is 0 Å². The van der Waals surface area contributed by atoms with Gasteiger partial charge in [0.25, 0.3) is 0 Å². The minimum atomic E-state index is -5.57. The summed E-state index contributed by atoms with van der Waals surface area (Å²) in [6.07, 6.45) is 3.00. The molecule has 2 rings (SSSR count). The van der Waals surface area contributed by atoms with Crippen LogP contribution in [0.4, 0.5) is 0 Å². The van der Waals surface area contributed by atoms with E-state index in [1.165, 1.54) is 0 Å². The molecule has 0 bridgehead atoms. The lowest BCUT2D eigenvalue weighted by atomic mass is 9.77. The average molecular weight is 489 g/mol. The molecule has 2 aliphatic heterocycles. The van der Waals surface area contributed by atoms with Crippen molar-refractivity contribution in [1.29, 1.82) is 0 Å². The SMILES string of the molecule is C=C1C=CN(C2OC(COP(=O)(O)OP(=O)(O)OP(=O)(O)O)C(C)C2(C)C)C(=C)C1. The van der Waals surface area contributed by atoms with Gasteiger partial charge in [-0.15, -0.1) is 0 Å². The molecule has 4 N–H and O–H groups in total. The third kappa shape index (κ3) is 6.45. The highest BCUT2D eigenvalue weighted by molar-refractivity contribution is 7.66. The van der Waals surface area contributed by atoms with Gasteiger partial charge >= 0.3 is 23.5 Å². The third-order valence-corrected chi connectivity index (χ3v) is 8.81. The van der Waals surface area contributed by atoms with E-state index in [1.807, 2.05) is 31.7 Å². The smallest absolute Gasteiger partial charge is 0.352 e. The maximum atomic E-state index is 12.0. The molecule has 1 saturated heterocycles. The van der Waals surface area contributed by atoms with Gasteiger partial charge in [-0.3, -0.25) is 4.52 Å². The van der Waals surface area contributed by atoms with Crippen molar-refractivity contribution < 1.29 is 51.2 Å². The number of allylic oxidation sites excluding steroid dienone is 2. The van der Waals surface area contributed by atoms with Gasteiger partial charge in [0.05, 0.1) is 12.7 Å². The molecule has 15 heteroatoms. The second-order valence-corrected chi connectivity index (χ2v) is 12.1. The lowest BCUT2D eigenvalue weighted by molar-refractivity contribution is -0.0659. The van der Waals surface area contributed by atoms with Crippen LogP contribution in [0.1, 0.15) is 27.2 Å². The molecule has 0 spiro atoms. The molecule has 0 aromatic carbocycles. The number of phosphoric ester groups is 1. The topological polar surface area (TPSA) is 172 Å². The van der Waals surface area contributed by atoms with Crippen LogP contribution in [0.3, 0.4) is 0 Å². The van der Waals surface area contributed by atoms with Crippen LogP contribution in [0.2, 0.25) is 0 Å². The van der Waals surface area contributed by atoms with Crippen LogP contribution in [0, 0.1) is 11.3 Å². The van der Waals surface area contributed by atoms with Crippen molar-refractivity contribution in [2.75, 3.05) is 6.61 Å². The van der Waals surface area contributed by atoms with Crippen LogP contribution in [0.5, 0.6) is 0 Å². The molecule has 0 amide bonds. The normalized spacial score (nSPS) is 30.9. The molecule has 0 aromatic rings. The first-order valence-corrected chi connectivity index (χ1v) is 13.2. The summed E-state index contributed by atoms with van der Waals surface area (Å²) in [4.78, 5) is 37.8. The fourth-order valence-corrected chi connectivity index (χ4v) is 6.22. The monoisotopic (exact) mass is 489 g/mol. The van der Waals surface area contributed by atoms with Gasteiger partial charge in [0.15, 0.2) is 0 Å². The van der Waals surface area contributed by atoms with E-state index in [4.69, 9.17) is 19.0 Å². The lowest BCUT2D eigenvalue weighted by Gasteiger charge is -2.39. The Morgan fingerprint density at radius 1 is 1.17 bits per heavy atom. The first-order valence-electron chi connectivity index (χ1n) is 8.69. The lowest BCUT2D eigenvalue weighted by Crippen LogP contribution is -2.41. The summed E-state index contributed by atoms with van der Waals surface area (Å²) in [6, 6.07) is 0. The number of hydrogen-bond donors (Lipinski definition) is 4. The van der Waals surface area contributed by atoms with Gasteiger partial charge in [-0.2, -0.15) is 8.62 Å². The molecule has 5 atom stereocenters. The summed E-state index contributed by atoms with van der Waals surface area (Å²) < 4.78 is 52.2. The molecule has 0 aromatic heterocycles. The first kappa shape index (κ1) is 25.6. The van der Waals surface area contributed by atoms with Crippen LogP contribution < -0.4 is 0 Å². The van der Waals surface area contributed by atoms with Gasteiger partial charge in [0, 0.05) is 23.7 Å². The van der Waals surface area contributed by atoms with E-state index < -0.39 is 47.8 Å². The second kappa shape index (κ2) is 8.73. The number of nitrogens with zero attached hydrogens (tertiary/aromatic N) is 1. The molecule has 2 aliphatic rings. The summed E-state index contributed by atoms with van der Waals surface area (Å²) in [7, 11) is -16.2. The minimum absolute atomic E-state index is 0.193. The van der Waals surface area contributed by atoms with Crippen molar-refractivity contribution in [3.8, 4) is 0 Å². The number of rotatable bonds is 8. The van der Waals surface area contributed by atoms with Crippen molar-refractivity contribution in [2.45, 2.75) is 39.5 Å². The van der Waals surface area contributed by atoms with Crippen molar-refractivity contribution in [1.82, 2.24) is 4.90 Å². The predicted molar refractivity (Wildman–Crippen MR) is 105 cm³/mol. The highest BCUT2D eigenvalue weighted by atomic mass is 31.3. The van der Waals surface area contributed by atoms with Crippen LogP contribution in [0.15, 0.2) is 36.7 Å². The summed E-state index contributed by atoms with van der Waals surface area (Å²) in [5, 5.41) is 0. The number of phosphoric acid groups is 3. The Hall–Kier alpha value is -0.610. The first-order chi connectivity index (χ1) is 13.4. The van der Waals surface area contributed by atoms with E-state index >= 15 is 0 Å². The van der Waals surface area contributed by atoms with E-state index in [1.54, 1.807) is 6.20 Å². The zero-order valence-electron chi connectivity index (χ0n) is 16.7. The quantitative estimate of drug-likeness (QED) is 0.368. The van der Waals surface area contributed by atoms with Gasteiger partial charge in [0.2, 0.25) is 0 Å². The Kier molecular flexibility index (Phi) is 7.46. The fourth-order valence-electron chi connectivity index (χ4n) is 3.19.